The molecule has 32 heavy (non-hydrogen) atoms. The molecule has 1 saturated carbocycles. The molecule has 1 N–H and O–H groups in total. The maximum absolute atomic E-state index is 12.8. The Hall–Kier alpha value is -2.86. The number of pyridine rings is 1. The molecule has 1 aromatic carbocycles. The second-order valence-corrected chi connectivity index (χ2v) is 9.08. The van der Waals surface area contributed by atoms with E-state index in [0.29, 0.717) is 0 Å². The summed E-state index contributed by atoms with van der Waals surface area (Å²) in [5.41, 5.74) is 0. The fraction of sp³-hybridized carbons (Fsp3) is 0.462. The highest BCUT2D eigenvalue weighted by Gasteiger charge is 2.29. The Morgan fingerprint density at radius 1 is 1.06 bits per heavy atom. The summed E-state index contributed by atoms with van der Waals surface area (Å²) in [6.45, 7) is 2.72. The van der Waals surface area contributed by atoms with Gasteiger partial charge in [0.15, 0.2) is 0 Å². The average molecular weight is 434 g/mol. The van der Waals surface area contributed by atoms with Crippen LogP contribution in [0.4, 0.5) is 0 Å². The molecule has 168 valence electrons. The van der Waals surface area contributed by atoms with Gasteiger partial charge in [-0.3, -0.25) is 14.7 Å². The van der Waals surface area contributed by atoms with Gasteiger partial charge in [-0.25, -0.2) is 0 Å². The van der Waals surface area contributed by atoms with Gasteiger partial charge in [-0.15, -0.1) is 0 Å². The highest BCUT2D eigenvalue weighted by Crippen LogP contribution is 2.30. The summed E-state index contributed by atoms with van der Waals surface area (Å²) >= 11 is 0. The van der Waals surface area contributed by atoms with E-state index in [1.54, 1.807) is 6.26 Å². The molecule has 2 fully saturated rings. The number of likely N-dealkylation sites (tertiary alicyclic amines) is 1. The number of fused-ring (bicyclic) bond motifs is 1. The first-order chi connectivity index (χ1) is 15.7. The third kappa shape index (κ3) is 4.96. The number of piperidine rings is 1. The number of aromatic nitrogens is 1. The molecule has 1 aliphatic carbocycles. The van der Waals surface area contributed by atoms with Gasteiger partial charge in [-0.1, -0.05) is 12.1 Å². The average Bonchev–Trinajstić information content (AvgIpc) is 3.34. The molecule has 2 aliphatic rings. The molecule has 0 unspecified atom stereocenters. The summed E-state index contributed by atoms with van der Waals surface area (Å²) < 4.78 is 11.8. The molecule has 3 heterocycles. The number of nitrogens with one attached hydrogen (secondary N) is 1. The van der Waals surface area contributed by atoms with Crippen LogP contribution in [-0.4, -0.2) is 41.0 Å². The predicted molar refractivity (Wildman–Crippen MR) is 123 cm³/mol. The topological polar surface area (TPSA) is 67.6 Å². The van der Waals surface area contributed by atoms with Gasteiger partial charge in [0.05, 0.1) is 18.9 Å². The lowest BCUT2D eigenvalue weighted by Gasteiger charge is -2.33. The zero-order valence-electron chi connectivity index (χ0n) is 18.4. The minimum absolute atomic E-state index is 0.126. The highest BCUT2D eigenvalue weighted by molar-refractivity contribution is 5.87. The van der Waals surface area contributed by atoms with Crippen LogP contribution in [0.2, 0.25) is 0 Å². The van der Waals surface area contributed by atoms with Crippen LogP contribution in [0.3, 0.4) is 0 Å². The number of nitrogens with zero attached hydrogens (tertiary/aromatic N) is 2. The first-order valence-electron chi connectivity index (χ1n) is 11.8. The molecule has 0 spiro atoms. The summed E-state index contributed by atoms with van der Waals surface area (Å²) in [6.07, 6.45) is 11.3. The Kier molecular flexibility index (Phi) is 6.39. The number of rotatable bonds is 6. The lowest BCUT2D eigenvalue weighted by atomic mass is 9.91. The predicted octanol–water partition coefficient (Wildman–Crippen LogP) is 4.55. The van der Waals surface area contributed by atoms with Gasteiger partial charge in [0, 0.05) is 35.1 Å². The number of ether oxygens (including phenoxy) is 1. The second kappa shape index (κ2) is 9.74. The van der Waals surface area contributed by atoms with Crippen LogP contribution in [0.5, 0.6) is 5.75 Å². The number of hydrogen-bond donors (Lipinski definition) is 1. The van der Waals surface area contributed by atoms with Gasteiger partial charge in [-0.2, -0.15) is 0 Å². The lowest BCUT2D eigenvalue weighted by molar-refractivity contribution is -0.127. The van der Waals surface area contributed by atoms with Gasteiger partial charge in [0.1, 0.15) is 11.5 Å². The Labute approximate surface area is 189 Å². The van der Waals surface area contributed by atoms with Gasteiger partial charge in [0.25, 0.3) is 0 Å². The maximum Gasteiger partial charge on any atom is 0.223 e. The first-order valence-corrected chi connectivity index (χ1v) is 11.8. The smallest absolute Gasteiger partial charge is 0.223 e. The molecule has 2 aromatic heterocycles. The van der Waals surface area contributed by atoms with Crippen LogP contribution >= 0.6 is 0 Å². The molecule has 0 radical (unpaired) electrons. The van der Waals surface area contributed by atoms with E-state index in [1.165, 1.54) is 0 Å². The van der Waals surface area contributed by atoms with Gasteiger partial charge in [0.2, 0.25) is 5.91 Å². The first kappa shape index (κ1) is 21.0. The zero-order valence-corrected chi connectivity index (χ0v) is 18.4. The fourth-order valence-electron chi connectivity index (χ4n) is 5.00. The summed E-state index contributed by atoms with van der Waals surface area (Å²) in [7, 11) is 0. The third-order valence-electron chi connectivity index (χ3n) is 6.87. The van der Waals surface area contributed by atoms with Crippen LogP contribution in [0.1, 0.15) is 44.3 Å². The molecule has 0 atom stereocenters. The normalized spacial score (nSPS) is 22.6. The van der Waals surface area contributed by atoms with Crippen LogP contribution < -0.4 is 10.1 Å². The van der Waals surface area contributed by atoms with Crippen LogP contribution in [0.15, 0.2) is 59.5 Å². The Morgan fingerprint density at radius 2 is 1.91 bits per heavy atom. The van der Waals surface area contributed by atoms with Crippen molar-refractivity contribution < 1.29 is 13.9 Å². The molecule has 1 saturated heterocycles. The van der Waals surface area contributed by atoms with E-state index in [2.05, 4.69) is 21.3 Å². The molecule has 1 aliphatic heterocycles. The number of furan rings is 1. The Balaban J connectivity index is 1.06. The van der Waals surface area contributed by atoms with Crippen molar-refractivity contribution in [3.63, 3.8) is 0 Å². The summed E-state index contributed by atoms with van der Waals surface area (Å²) in [4.78, 5) is 19.4. The minimum atomic E-state index is 0.126. The van der Waals surface area contributed by atoms with Crippen LogP contribution in [-0.2, 0) is 11.3 Å². The number of carbonyl (C=O) groups is 1. The molecule has 0 bridgehead atoms. The zero-order chi connectivity index (χ0) is 21.8. The van der Waals surface area contributed by atoms with Crippen molar-refractivity contribution in [1.29, 1.82) is 0 Å². The lowest BCUT2D eigenvalue weighted by Crippen LogP contribution is -2.45. The molecule has 5 rings (SSSR count). The van der Waals surface area contributed by atoms with Crippen molar-refractivity contribution in [3.8, 4) is 5.75 Å². The molecular weight excluding hydrogens is 402 g/mol. The van der Waals surface area contributed by atoms with E-state index in [0.717, 1.165) is 80.4 Å². The monoisotopic (exact) mass is 433 g/mol. The van der Waals surface area contributed by atoms with Crippen molar-refractivity contribution in [2.75, 3.05) is 13.1 Å². The van der Waals surface area contributed by atoms with Crippen molar-refractivity contribution in [1.82, 2.24) is 15.2 Å². The summed E-state index contributed by atoms with van der Waals surface area (Å²) in [5.74, 6) is 2.28. The van der Waals surface area contributed by atoms with Gasteiger partial charge < -0.3 is 14.5 Å². The fourth-order valence-corrected chi connectivity index (χ4v) is 5.00. The van der Waals surface area contributed by atoms with E-state index in [9.17, 15) is 4.79 Å². The number of hydrogen-bond acceptors (Lipinski definition) is 5. The van der Waals surface area contributed by atoms with Gasteiger partial charge in [-0.05, 0) is 75.9 Å². The van der Waals surface area contributed by atoms with E-state index >= 15 is 0 Å². The van der Waals surface area contributed by atoms with Crippen molar-refractivity contribution >= 4 is 16.7 Å². The van der Waals surface area contributed by atoms with Crippen molar-refractivity contribution in [2.24, 2.45) is 5.92 Å². The standard InChI is InChI=1S/C26H31N3O3/c30-26(19-11-14-29(15-12-19)18-23-4-2-16-31-23)28-21-6-8-22(9-7-21)32-25-5-1-3-20-17-27-13-10-24(20)25/h1-5,10,13,16-17,19,21-22H,6-9,11-12,14-15,18H2,(H,28,30). The largest absolute Gasteiger partial charge is 0.490 e. The van der Waals surface area contributed by atoms with E-state index in [1.807, 2.05) is 42.7 Å². The van der Waals surface area contributed by atoms with Gasteiger partial charge >= 0.3 is 0 Å². The van der Waals surface area contributed by atoms with Crippen LogP contribution in [0, 0.1) is 5.92 Å². The van der Waals surface area contributed by atoms with E-state index < -0.39 is 0 Å². The van der Waals surface area contributed by atoms with Crippen molar-refractivity contribution in [2.45, 2.75) is 57.2 Å². The number of amides is 1. The SMILES string of the molecule is O=C(NC1CCC(Oc2cccc3cnccc23)CC1)C1CCN(Cc2ccco2)CC1. The minimum Gasteiger partial charge on any atom is -0.490 e. The van der Waals surface area contributed by atoms with Crippen molar-refractivity contribution in [3.05, 3.63) is 60.8 Å². The second-order valence-electron chi connectivity index (χ2n) is 9.08. The van der Waals surface area contributed by atoms with E-state index in [-0.39, 0.29) is 24.0 Å². The molecular formula is C26H31N3O3. The molecule has 6 heteroatoms. The third-order valence-corrected chi connectivity index (χ3v) is 6.87. The molecule has 3 aromatic rings. The van der Waals surface area contributed by atoms with E-state index in [4.69, 9.17) is 9.15 Å². The number of carbonyl (C=O) groups excluding carboxylic acids is 1. The molecule has 6 nitrogen and oxygen atoms in total. The summed E-state index contributed by atoms with van der Waals surface area (Å²) in [6, 6.07) is 12.3. The highest BCUT2D eigenvalue weighted by atomic mass is 16.5. The van der Waals surface area contributed by atoms with Crippen LogP contribution in [0.25, 0.3) is 10.8 Å². The quantitative estimate of drug-likeness (QED) is 0.618. The Morgan fingerprint density at radius 3 is 2.69 bits per heavy atom. The summed E-state index contributed by atoms with van der Waals surface area (Å²) in [5, 5.41) is 5.53. The molecule has 1 amide bonds. The number of benzene rings is 1. The maximum atomic E-state index is 12.8. The Bertz CT molecular complexity index is 1010.